The number of nitrogens with two attached hydrogens (primary N) is 1. The molecule has 2 bridgehead atoms. The monoisotopic (exact) mass is 922 g/mol. The summed E-state index contributed by atoms with van der Waals surface area (Å²) in [6.45, 7) is 11.0. The number of fused-ring (bicyclic) bond motifs is 3. The Hall–Kier alpha value is -2.51. The Morgan fingerprint density at radius 2 is 1.62 bits per heavy atom. The standard InChI is InChI=1S/C48H79N3O12S/c1-27-13-10-12-20-64-32(6)22-29(3)42(50)44(55)43(54)30(4)21-28(2)38(53)26-40(35(49)23-33-16-18-37(52)41(24-33)61-8)62-47(58)36-14-9-11-19-51(36)46(57)45(56)48(59)31(5)15-17-34(63-48)25-39(27)60-7/h10,12-13,21,28-29,31-41,43-44,50,52-55,59H,9,11,14-20,22-26,49H2,1-8H3/b12-10+,27-13+,30-21+,50-42?/t28-,29-,31-,32+,33+,34+,35-,36+,37-,38-,39+,40+,41-,43-,44+,48-/m1/s1. The lowest BCUT2D eigenvalue weighted by molar-refractivity contribution is -0.265. The number of hydrogen-bond acceptors (Lipinski definition) is 15. The summed E-state index contributed by atoms with van der Waals surface area (Å²) in [5.41, 5.74) is 8.13. The quantitative estimate of drug-likeness (QED) is 0.115. The van der Waals surface area contributed by atoms with Crippen LogP contribution in [-0.2, 0) is 33.3 Å². The third-order valence-corrected chi connectivity index (χ3v) is 15.3. The summed E-state index contributed by atoms with van der Waals surface area (Å²) in [6.07, 6.45) is 5.65. The second kappa shape index (κ2) is 25.0. The largest absolute Gasteiger partial charge is 0.459 e. The number of ether oxygens (including phenoxy) is 4. The van der Waals surface area contributed by atoms with E-state index in [-0.39, 0.29) is 48.3 Å². The van der Waals surface area contributed by atoms with E-state index in [1.54, 1.807) is 52.8 Å². The third kappa shape index (κ3) is 14.3. The van der Waals surface area contributed by atoms with Crippen molar-refractivity contribution in [3.63, 3.8) is 0 Å². The summed E-state index contributed by atoms with van der Waals surface area (Å²) in [5.74, 6) is -6.32. The highest BCUT2D eigenvalue weighted by atomic mass is 32.2. The van der Waals surface area contributed by atoms with Gasteiger partial charge in [-0.15, -0.1) is 0 Å². The molecular formula is C48H79N3O12S. The number of methoxy groups -OCH3 is 2. The van der Waals surface area contributed by atoms with Gasteiger partial charge in [-0.1, -0.05) is 52.0 Å². The van der Waals surface area contributed by atoms with Crippen LogP contribution in [0.3, 0.4) is 0 Å². The van der Waals surface area contributed by atoms with Crippen molar-refractivity contribution in [2.24, 2.45) is 29.4 Å². The molecule has 1 aliphatic carbocycles. The molecule has 0 aromatic heterocycles. The second-order valence-corrected chi connectivity index (χ2v) is 20.6. The van der Waals surface area contributed by atoms with Crippen LogP contribution in [0.25, 0.3) is 0 Å². The zero-order valence-electron chi connectivity index (χ0n) is 39.4. The molecule has 1 saturated carbocycles. The minimum absolute atomic E-state index is 0.0141. The third-order valence-electron chi connectivity index (χ3n) is 14.2. The van der Waals surface area contributed by atoms with Gasteiger partial charge in [-0.3, -0.25) is 9.59 Å². The lowest BCUT2D eigenvalue weighted by Gasteiger charge is -2.42. The van der Waals surface area contributed by atoms with Crippen LogP contribution in [0.5, 0.6) is 0 Å². The zero-order chi connectivity index (χ0) is 47.5. The van der Waals surface area contributed by atoms with Crippen molar-refractivity contribution in [2.45, 2.75) is 191 Å². The number of carbonyl (C=O) groups is 3. The van der Waals surface area contributed by atoms with Crippen LogP contribution in [0, 0.1) is 29.1 Å². The van der Waals surface area contributed by atoms with Gasteiger partial charge in [0.2, 0.25) is 5.79 Å². The predicted octanol–water partition coefficient (Wildman–Crippen LogP) is 4.39. The fraction of sp³-hybridized carbons (Fsp3) is 0.792. The van der Waals surface area contributed by atoms with Crippen LogP contribution in [0.2, 0.25) is 0 Å². The number of ketones is 1. The Balaban J connectivity index is 1.67. The number of carbonyl (C=O) groups excluding carboxylic acids is 3. The number of thioether (sulfide) groups is 1. The maximum Gasteiger partial charge on any atom is 0.329 e. The molecule has 0 aromatic carbocycles. The number of amides is 1. The van der Waals surface area contributed by atoms with Crippen molar-refractivity contribution >= 4 is 35.1 Å². The first-order valence-electron chi connectivity index (χ1n) is 23.4. The highest BCUT2D eigenvalue weighted by molar-refractivity contribution is 8.00. The van der Waals surface area contributed by atoms with Gasteiger partial charge in [-0.25, -0.2) is 4.79 Å². The molecule has 8 N–H and O–H groups in total. The number of aliphatic hydroxyl groups is 5. The number of piperidine rings is 1. The van der Waals surface area contributed by atoms with Crippen molar-refractivity contribution in [1.29, 1.82) is 5.41 Å². The van der Waals surface area contributed by atoms with Gasteiger partial charge in [0.05, 0.1) is 30.5 Å². The molecule has 2 saturated heterocycles. The van der Waals surface area contributed by atoms with Gasteiger partial charge >= 0.3 is 5.97 Å². The number of nitrogens with one attached hydrogen (secondary N) is 1. The van der Waals surface area contributed by atoms with Crippen LogP contribution in [-0.4, -0.2) is 152 Å². The molecule has 364 valence electrons. The predicted molar refractivity (Wildman–Crippen MR) is 246 cm³/mol. The number of rotatable bonds is 5. The number of Topliss-reactive ketones (excluding diaryl/α,β-unsaturated/α-hetero) is 1. The van der Waals surface area contributed by atoms with Gasteiger partial charge in [0.1, 0.15) is 24.4 Å². The van der Waals surface area contributed by atoms with Gasteiger partial charge in [0.25, 0.3) is 11.7 Å². The van der Waals surface area contributed by atoms with E-state index in [0.717, 1.165) is 5.57 Å². The van der Waals surface area contributed by atoms with E-state index in [1.165, 1.54) is 4.90 Å². The maximum atomic E-state index is 14.3. The molecule has 3 aliphatic heterocycles. The van der Waals surface area contributed by atoms with Gasteiger partial charge in [-0.05, 0) is 101 Å². The van der Waals surface area contributed by atoms with Crippen LogP contribution in [0.1, 0.15) is 119 Å². The fourth-order valence-electron chi connectivity index (χ4n) is 9.74. The molecule has 0 unspecified atom stereocenters. The van der Waals surface area contributed by atoms with E-state index in [0.29, 0.717) is 75.5 Å². The fourth-order valence-corrected chi connectivity index (χ4v) is 10.7. The van der Waals surface area contributed by atoms with E-state index in [4.69, 9.17) is 30.1 Å². The molecule has 0 spiro atoms. The molecule has 4 rings (SSSR count). The molecule has 16 heteroatoms. The van der Waals surface area contributed by atoms with Crippen molar-refractivity contribution in [1.82, 2.24) is 4.90 Å². The van der Waals surface area contributed by atoms with E-state index >= 15 is 0 Å². The lowest BCUT2D eigenvalue weighted by Crippen LogP contribution is -2.61. The summed E-state index contributed by atoms with van der Waals surface area (Å²) in [5, 5.41) is 65.3. The van der Waals surface area contributed by atoms with E-state index in [9.17, 15) is 39.9 Å². The summed E-state index contributed by atoms with van der Waals surface area (Å²) >= 11 is 1.70. The molecular weight excluding hydrogens is 843 g/mol. The van der Waals surface area contributed by atoms with Gasteiger partial charge < -0.3 is 60.5 Å². The number of nitrogens with zero attached hydrogens (tertiary/aromatic N) is 1. The summed E-state index contributed by atoms with van der Waals surface area (Å²) in [7, 11) is 3.13. The van der Waals surface area contributed by atoms with Crippen molar-refractivity contribution < 1.29 is 58.9 Å². The van der Waals surface area contributed by atoms with Gasteiger partial charge in [0, 0.05) is 68.2 Å². The molecule has 0 aromatic rings. The number of allylic oxidation sites excluding steroid dienone is 2. The molecule has 4 aliphatic rings. The van der Waals surface area contributed by atoms with E-state index < -0.39 is 90.1 Å². The summed E-state index contributed by atoms with van der Waals surface area (Å²) in [4.78, 5) is 43.8. The Kier molecular flexibility index (Phi) is 21.2. The SMILES string of the molecule is CO[C@H]1C[C@@H]2CC[C@@H](C)[C@@](O)(O2)C(=O)C(=O)N2CCCC[C@H]2C(=O)O[C@H]([C@H](N)C[C@@H]2CC[C@@H](O)[C@H](OC)C2)C[C@@H](O)[C@H](C)/C=C(\C)[C@@H](O)[C@@H](O)C(=N)[C@H](C)C[C@H](C)SC/C=C/C=C/1C. The Morgan fingerprint density at radius 3 is 2.31 bits per heavy atom. The second-order valence-electron chi connectivity index (χ2n) is 19.1. The van der Waals surface area contributed by atoms with E-state index in [1.807, 2.05) is 32.1 Å². The molecule has 3 heterocycles. The van der Waals surface area contributed by atoms with Gasteiger partial charge in [-0.2, -0.15) is 11.8 Å². The molecule has 1 amide bonds. The van der Waals surface area contributed by atoms with Crippen molar-refractivity contribution in [3.05, 3.63) is 35.5 Å². The summed E-state index contributed by atoms with van der Waals surface area (Å²) in [6, 6.07) is -1.94. The van der Waals surface area contributed by atoms with Crippen molar-refractivity contribution in [3.8, 4) is 0 Å². The molecule has 3 fully saturated rings. The first-order chi connectivity index (χ1) is 30.2. The van der Waals surface area contributed by atoms with Crippen LogP contribution < -0.4 is 5.73 Å². The average Bonchev–Trinajstić information content (AvgIpc) is 3.27. The minimum atomic E-state index is -2.43. The Morgan fingerprint density at radius 1 is 0.906 bits per heavy atom. The smallest absolute Gasteiger partial charge is 0.329 e. The highest BCUT2D eigenvalue weighted by Gasteiger charge is 2.53. The number of esters is 1. The van der Waals surface area contributed by atoms with E-state index in [2.05, 4.69) is 6.92 Å². The number of cyclic esters (lactones) is 1. The molecule has 15 nitrogen and oxygen atoms in total. The number of aliphatic hydroxyl groups excluding tert-OH is 4. The Bertz CT molecular complexity index is 1660. The molecule has 64 heavy (non-hydrogen) atoms. The first-order valence-corrected chi connectivity index (χ1v) is 24.5. The van der Waals surface area contributed by atoms with Crippen LogP contribution in [0.15, 0.2) is 35.5 Å². The van der Waals surface area contributed by atoms with Crippen molar-refractivity contribution in [2.75, 3.05) is 26.5 Å². The molecule has 16 atom stereocenters. The lowest BCUT2D eigenvalue weighted by atomic mass is 9.80. The van der Waals surface area contributed by atoms with Crippen LogP contribution in [0.4, 0.5) is 0 Å². The minimum Gasteiger partial charge on any atom is -0.459 e. The zero-order valence-corrected chi connectivity index (χ0v) is 40.2. The normalized spacial score (nSPS) is 41.8. The Labute approximate surface area is 385 Å². The first kappa shape index (κ1) is 54.1. The van der Waals surface area contributed by atoms with Crippen LogP contribution >= 0.6 is 11.8 Å². The maximum absolute atomic E-state index is 14.3. The summed E-state index contributed by atoms with van der Waals surface area (Å²) < 4.78 is 23.7. The van der Waals surface area contributed by atoms with Gasteiger partial charge in [0.15, 0.2) is 0 Å². The number of hydrogen-bond donors (Lipinski definition) is 7. The average molecular weight is 922 g/mol. The topological polar surface area (TPSA) is 242 Å². The molecule has 0 radical (unpaired) electrons. The highest BCUT2D eigenvalue weighted by Crippen LogP contribution is 2.37.